The summed E-state index contributed by atoms with van der Waals surface area (Å²) in [6.45, 7) is 4.80. The van der Waals surface area contributed by atoms with Crippen molar-refractivity contribution < 1.29 is 4.79 Å². The Morgan fingerprint density at radius 1 is 1.53 bits per heavy atom. The van der Waals surface area contributed by atoms with Crippen molar-refractivity contribution in [1.29, 1.82) is 0 Å². The van der Waals surface area contributed by atoms with E-state index in [1.165, 1.54) is 6.20 Å². The number of piperazine rings is 1. The van der Waals surface area contributed by atoms with E-state index in [1.54, 1.807) is 21.2 Å². The molecule has 19 heavy (non-hydrogen) atoms. The minimum atomic E-state index is -0.203. The summed E-state index contributed by atoms with van der Waals surface area (Å²) < 4.78 is 1.60. The topological polar surface area (TPSA) is 67.2 Å². The molecule has 1 aromatic heterocycles. The monoisotopic (exact) mass is 280 g/mol. The number of thioether (sulfide) groups is 1. The molecule has 0 aromatic carbocycles. The van der Waals surface area contributed by atoms with Crippen molar-refractivity contribution in [2.75, 3.05) is 25.4 Å². The van der Waals surface area contributed by atoms with Crippen molar-refractivity contribution in [1.82, 2.24) is 19.8 Å². The van der Waals surface area contributed by atoms with E-state index < -0.39 is 0 Å². The van der Waals surface area contributed by atoms with Crippen LogP contribution in [0, 0.1) is 0 Å². The third-order valence-corrected chi connectivity index (χ3v) is 4.52. The maximum absolute atomic E-state index is 12.5. The molecule has 7 heteroatoms. The van der Waals surface area contributed by atoms with Crippen LogP contribution in [0.4, 0.5) is 0 Å². The zero-order chi connectivity index (χ0) is 13.4. The average Bonchev–Trinajstić information content (AvgIpc) is 2.88. The van der Waals surface area contributed by atoms with E-state index in [4.69, 9.17) is 0 Å². The first-order valence-electron chi connectivity index (χ1n) is 6.43. The van der Waals surface area contributed by atoms with Crippen molar-refractivity contribution >= 4 is 17.7 Å². The molecule has 0 radical (unpaired) electrons. The molecule has 0 bridgehead atoms. The predicted octanol–water partition coefficient (Wildman–Crippen LogP) is -0.217. The van der Waals surface area contributed by atoms with Gasteiger partial charge in [0.05, 0.1) is 0 Å². The smallest absolute Gasteiger partial charge is 0.267 e. The van der Waals surface area contributed by atoms with Gasteiger partial charge in [0.1, 0.15) is 5.56 Å². The fourth-order valence-electron chi connectivity index (χ4n) is 2.46. The van der Waals surface area contributed by atoms with Gasteiger partial charge in [-0.3, -0.25) is 14.2 Å². The van der Waals surface area contributed by atoms with Crippen LogP contribution in [0.3, 0.4) is 0 Å². The molecule has 1 atom stereocenters. The van der Waals surface area contributed by atoms with E-state index in [0.29, 0.717) is 13.1 Å². The lowest BCUT2D eigenvalue weighted by Crippen LogP contribution is -2.53. The Morgan fingerprint density at radius 2 is 2.37 bits per heavy atom. The Hall–Kier alpha value is -1.34. The van der Waals surface area contributed by atoms with E-state index in [9.17, 15) is 9.59 Å². The number of fused-ring (bicyclic) bond motifs is 1. The van der Waals surface area contributed by atoms with Crippen LogP contribution in [-0.2, 0) is 6.54 Å². The van der Waals surface area contributed by atoms with Gasteiger partial charge in [-0.15, -0.1) is 0 Å². The number of hydrogen-bond donors (Lipinski definition) is 1. The molecule has 3 rings (SSSR count). The lowest BCUT2D eigenvalue weighted by molar-refractivity contribution is 0.0652. The van der Waals surface area contributed by atoms with Gasteiger partial charge in [0.15, 0.2) is 5.16 Å². The summed E-state index contributed by atoms with van der Waals surface area (Å²) in [5.41, 5.74) is -0.00858. The minimum absolute atomic E-state index is 0.105. The third kappa shape index (κ3) is 2.17. The van der Waals surface area contributed by atoms with Gasteiger partial charge in [-0.25, -0.2) is 4.98 Å². The molecule has 0 spiro atoms. The van der Waals surface area contributed by atoms with Crippen LogP contribution in [0.5, 0.6) is 0 Å². The fraction of sp³-hybridized carbons (Fsp3) is 0.583. The number of amides is 1. The highest BCUT2D eigenvalue weighted by Crippen LogP contribution is 2.21. The molecule has 102 valence electrons. The zero-order valence-electron chi connectivity index (χ0n) is 10.8. The van der Waals surface area contributed by atoms with Crippen molar-refractivity contribution in [2.45, 2.75) is 24.7 Å². The standard InChI is InChI=1S/C12H16N4O2S/c1-8-6-13-2-3-15(8)10(17)9-7-14-12-16(11(9)18)4-5-19-12/h7-8,13H,2-6H2,1H3/t8-/m1/s1. The number of rotatable bonds is 1. The predicted molar refractivity (Wildman–Crippen MR) is 72.6 cm³/mol. The lowest BCUT2D eigenvalue weighted by Gasteiger charge is -2.33. The first-order valence-corrected chi connectivity index (χ1v) is 7.41. The molecule has 1 fully saturated rings. The summed E-state index contributed by atoms with van der Waals surface area (Å²) in [5, 5.41) is 3.95. The zero-order valence-corrected chi connectivity index (χ0v) is 11.6. The number of carbonyl (C=O) groups is 1. The normalized spacial score (nSPS) is 22.4. The summed E-state index contributed by atoms with van der Waals surface area (Å²) in [7, 11) is 0. The quantitative estimate of drug-likeness (QED) is 0.721. The molecule has 1 amide bonds. The van der Waals surface area contributed by atoms with Gasteiger partial charge < -0.3 is 10.2 Å². The highest BCUT2D eigenvalue weighted by Gasteiger charge is 2.28. The van der Waals surface area contributed by atoms with Crippen LogP contribution in [0.2, 0.25) is 0 Å². The third-order valence-electron chi connectivity index (χ3n) is 3.55. The first kappa shape index (κ1) is 12.7. The Labute approximate surface area is 115 Å². The Morgan fingerprint density at radius 3 is 3.16 bits per heavy atom. The van der Waals surface area contributed by atoms with Crippen LogP contribution >= 0.6 is 11.8 Å². The molecule has 0 saturated carbocycles. The summed E-state index contributed by atoms with van der Waals surface area (Å²) in [6, 6.07) is 0.105. The molecule has 1 saturated heterocycles. The molecule has 0 unspecified atom stereocenters. The molecule has 1 N–H and O–H groups in total. The molecule has 1 aromatic rings. The molecular formula is C12H16N4O2S. The average molecular weight is 280 g/mol. The van der Waals surface area contributed by atoms with Gasteiger partial charge in [-0.1, -0.05) is 11.8 Å². The fourth-order valence-corrected chi connectivity index (χ4v) is 3.38. The van der Waals surface area contributed by atoms with Crippen LogP contribution in [0.15, 0.2) is 16.1 Å². The second-order valence-electron chi connectivity index (χ2n) is 4.81. The van der Waals surface area contributed by atoms with E-state index in [0.717, 1.165) is 24.0 Å². The van der Waals surface area contributed by atoms with E-state index in [-0.39, 0.29) is 23.1 Å². The van der Waals surface area contributed by atoms with Crippen LogP contribution < -0.4 is 10.9 Å². The Bertz CT molecular complexity index is 571. The van der Waals surface area contributed by atoms with Crippen LogP contribution in [0.1, 0.15) is 17.3 Å². The van der Waals surface area contributed by atoms with Crippen LogP contribution in [0.25, 0.3) is 0 Å². The van der Waals surface area contributed by atoms with Crippen LogP contribution in [-0.4, -0.2) is 51.8 Å². The number of aromatic nitrogens is 2. The number of nitrogens with zero attached hydrogens (tertiary/aromatic N) is 3. The van der Waals surface area contributed by atoms with Gasteiger partial charge in [0.25, 0.3) is 11.5 Å². The SMILES string of the molecule is C[C@@H]1CNCCN1C(=O)c1cnc2n(c1=O)CCS2. The maximum Gasteiger partial charge on any atom is 0.267 e. The van der Waals surface area contributed by atoms with Gasteiger partial charge in [-0.2, -0.15) is 0 Å². The lowest BCUT2D eigenvalue weighted by atomic mass is 10.2. The van der Waals surface area contributed by atoms with Crippen molar-refractivity contribution in [2.24, 2.45) is 0 Å². The number of nitrogens with one attached hydrogen (secondary N) is 1. The van der Waals surface area contributed by atoms with Crippen molar-refractivity contribution in [3.8, 4) is 0 Å². The second kappa shape index (κ2) is 4.97. The number of carbonyl (C=O) groups excluding carboxylic acids is 1. The van der Waals surface area contributed by atoms with E-state index >= 15 is 0 Å². The molecule has 3 heterocycles. The summed E-state index contributed by atoms with van der Waals surface area (Å²) >= 11 is 1.56. The van der Waals surface area contributed by atoms with E-state index in [1.807, 2.05) is 6.92 Å². The molecule has 2 aliphatic rings. The Balaban J connectivity index is 1.94. The summed E-state index contributed by atoms with van der Waals surface area (Å²) in [4.78, 5) is 30.7. The molecule has 0 aliphatic carbocycles. The molecular weight excluding hydrogens is 264 g/mol. The second-order valence-corrected chi connectivity index (χ2v) is 5.87. The van der Waals surface area contributed by atoms with E-state index in [2.05, 4.69) is 10.3 Å². The van der Waals surface area contributed by atoms with Crippen molar-refractivity contribution in [3.05, 3.63) is 22.1 Å². The summed E-state index contributed by atoms with van der Waals surface area (Å²) in [6.07, 6.45) is 1.43. The maximum atomic E-state index is 12.5. The van der Waals surface area contributed by atoms with Gasteiger partial charge in [0.2, 0.25) is 0 Å². The van der Waals surface area contributed by atoms with Gasteiger partial charge >= 0.3 is 0 Å². The minimum Gasteiger partial charge on any atom is -0.333 e. The highest BCUT2D eigenvalue weighted by molar-refractivity contribution is 7.99. The molecule has 2 aliphatic heterocycles. The van der Waals surface area contributed by atoms with Gasteiger partial charge in [-0.05, 0) is 6.92 Å². The largest absolute Gasteiger partial charge is 0.333 e. The first-order chi connectivity index (χ1) is 9.18. The molecule has 6 nitrogen and oxygen atoms in total. The summed E-state index contributed by atoms with van der Waals surface area (Å²) in [5.74, 6) is 0.655. The van der Waals surface area contributed by atoms with Gasteiger partial charge in [0, 0.05) is 44.2 Å². The Kier molecular flexibility index (Phi) is 3.32. The van der Waals surface area contributed by atoms with Crippen molar-refractivity contribution in [3.63, 3.8) is 0 Å². The highest BCUT2D eigenvalue weighted by atomic mass is 32.2. The number of hydrogen-bond acceptors (Lipinski definition) is 5.